The molecule has 1 saturated heterocycles. The third kappa shape index (κ3) is 3.80. The Labute approximate surface area is 100 Å². The summed E-state index contributed by atoms with van der Waals surface area (Å²) in [5.74, 6) is -1.52. The van der Waals surface area contributed by atoms with E-state index in [1.807, 2.05) is 0 Å². The Bertz CT molecular complexity index is 423. The second-order valence-corrected chi connectivity index (χ2v) is 5.46. The zero-order chi connectivity index (χ0) is 14.1. The largest absolute Gasteiger partial charge is 0.480 e. The number of aliphatic hydroxyl groups is 1. The van der Waals surface area contributed by atoms with Crippen molar-refractivity contribution in [2.45, 2.75) is 24.7 Å². The number of alkyl halides is 3. The summed E-state index contributed by atoms with van der Waals surface area (Å²) in [6.45, 7) is -2.35. The van der Waals surface area contributed by atoms with Gasteiger partial charge in [-0.2, -0.15) is 30.6 Å². The van der Waals surface area contributed by atoms with Crippen LogP contribution in [0.4, 0.5) is 13.2 Å². The van der Waals surface area contributed by atoms with Gasteiger partial charge in [-0.15, -0.1) is 0 Å². The average molecular weight is 292 g/mol. The highest BCUT2D eigenvalue weighted by Crippen LogP contribution is 2.22. The highest BCUT2D eigenvalue weighted by molar-refractivity contribution is 7.87. The number of halogens is 3. The maximum Gasteiger partial charge on any atom is 0.402 e. The normalized spacial score (nSPS) is 26.4. The van der Waals surface area contributed by atoms with Gasteiger partial charge in [0.1, 0.15) is 12.6 Å². The van der Waals surface area contributed by atoms with Crippen molar-refractivity contribution >= 4 is 16.2 Å². The fraction of sp³-hybridized carbons (Fsp3) is 0.857. The summed E-state index contributed by atoms with van der Waals surface area (Å²) in [6, 6.07) is -1.56. The molecule has 0 amide bonds. The minimum absolute atomic E-state index is 0.311. The molecule has 0 aliphatic carbocycles. The van der Waals surface area contributed by atoms with E-state index >= 15 is 0 Å². The number of β-amino-alcohol motifs (C(OH)–C–C–N with tert-alkyl or cyclic N) is 1. The summed E-state index contributed by atoms with van der Waals surface area (Å²) in [7, 11) is -4.60. The van der Waals surface area contributed by atoms with E-state index in [0.29, 0.717) is 4.31 Å². The van der Waals surface area contributed by atoms with Gasteiger partial charge in [0.05, 0.1) is 6.10 Å². The summed E-state index contributed by atoms with van der Waals surface area (Å²) in [4.78, 5) is 10.7. The highest BCUT2D eigenvalue weighted by atomic mass is 32.2. The Kier molecular flexibility index (Phi) is 4.20. The number of rotatable bonds is 4. The first-order chi connectivity index (χ1) is 8.03. The van der Waals surface area contributed by atoms with Crippen LogP contribution < -0.4 is 4.72 Å². The number of carboxylic acid groups (broad SMARTS) is 1. The van der Waals surface area contributed by atoms with Crippen molar-refractivity contribution in [2.75, 3.05) is 13.1 Å². The smallest absolute Gasteiger partial charge is 0.402 e. The molecule has 0 saturated carbocycles. The lowest BCUT2D eigenvalue weighted by Crippen LogP contribution is -2.48. The van der Waals surface area contributed by atoms with E-state index in [9.17, 15) is 31.5 Å². The summed E-state index contributed by atoms with van der Waals surface area (Å²) >= 11 is 0. The molecule has 3 N–H and O–H groups in total. The lowest BCUT2D eigenvalue weighted by Gasteiger charge is -2.21. The summed E-state index contributed by atoms with van der Waals surface area (Å²) < 4.78 is 60.2. The molecule has 1 aliphatic rings. The lowest BCUT2D eigenvalue weighted by atomic mass is 10.2. The number of aliphatic hydroxyl groups excluding tert-OH is 1. The van der Waals surface area contributed by atoms with E-state index in [4.69, 9.17) is 5.11 Å². The second kappa shape index (κ2) is 4.99. The van der Waals surface area contributed by atoms with Gasteiger partial charge in [0.2, 0.25) is 0 Å². The molecule has 0 bridgehead atoms. The molecule has 11 heteroatoms. The highest BCUT2D eigenvalue weighted by Gasteiger charge is 2.44. The van der Waals surface area contributed by atoms with Crippen LogP contribution in [0, 0.1) is 0 Å². The number of hydrogen-bond acceptors (Lipinski definition) is 4. The Morgan fingerprint density at radius 2 is 2.00 bits per heavy atom. The molecular formula is C7H11F3N2O5S. The number of nitrogens with zero attached hydrogens (tertiary/aromatic N) is 1. The SMILES string of the molecule is O=C(O)[C@@H]1C[C@H](O)CN1S(=O)(=O)NCC(F)(F)F. The van der Waals surface area contributed by atoms with Crippen LogP contribution in [0.3, 0.4) is 0 Å². The maximum atomic E-state index is 11.9. The molecular weight excluding hydrogens is 281 g/mol. The molecule has 1 heterocycles. The standard InChI is InChI=1S/C7H11F3N2O5S/c8-7(9,10)3-11-18(16,17)12-2-4(13)1-5(12)6(14)15/h4-5,11,13H,1-3H2,(H,14,15)/t4-,5-/m0/s1. The molecule has 1 rings (SSSR count). The van der Waals surface area contributed by atoms with Gasteiger partial charge in [0, 0.05) is 13.0 Å². The van der Waals surface area contributed by atoms with Crippen LogP contribution in [0.25, 0.3) is 0 Å². The Morgan fingerprint density at radius 1 is 1.44 bits per heavy atom. The zero-order valence-corrected chi connectivity index (χ0v) is 9.70. The maximum absolute atomic E-state index is 11.9. The summed E-state index contributed by atoms with van der Waals surface area (Å²) in [5.41, 5.74) is 0. The van der Waals surface area contributed by atoms with Gasteiger partial charge < -0.3 is 10.2 Å². The van der Waals surface area contributed by atoms with Crippen molar-refractivity contribution in [2.24, 2.45) is 0 Å². The topological polar surface area (TPSA) is 107 Å². The van der Waals surface area contributed by atoms with Gasteiger partial charge >= 0.3 is 12.1 Å². The fourth-order valence-electron chi connectivity index (χ4n) is 1.53. The molecule has 7 nitrogen and oxygen atoms in total. The van der Waals surface area contributed by atoms with Crippen LogP contribution in [-0.4, -0.2) is 60.3 Å². The van der Waals surface area contributed by atoms with E-state index in [-0.39, 0.29) is 6.42 Å². The van der Waals surface area contributed by atoms with Crippen LogP contribution in [0.1, 0.15) is 6.42 Å². The average Bonchev–Trinajstić information content (AvgIpc) is 2.57. The van der Waals surface area contributed by atoms with Crippen molar-refractivity contribution in [3.63, 3.8) is 0 Å². The zero-order valence-electron chi connectivity index (χ0n) is 8.88. The van der Waals surface area contributed by atoms with E-state index in [2.05, 4.69) is 0 Å². The molecule has 0 radical (unpaired) electrons. The van der Waals surface area contributed by atoms with E-state index in [0.717, 1.165) is 0 Å². The molecule has 106 valence electrons. The van der Waals surface area contributed by atoms with E-state index in [1.165, 1.54) is 4.72 Å². The van der Waals surface area contributed by atoms with Gasteiger partial charge in [0.15, 0.2) is 0 Å². The lowest BCUT2D eigenvalue weighted by molar-refractivity contribution is -0.140. The fourth-order valence-corrected chi connectivity index (χ4v) is 2.92. The monoisotopic (exact) mass is 292 g/mol. The van der Waals surface area contributed by atoms with Crippen LogP contribution in [-0.2, 0) is 15.0 Å². The van der Waals surface area contributed by atoms with Gasteiger partial charge in [-0.1, -0.05) is 0 Å². The van der Waals surface area contributed by atoms with Gasteiger partial charge in [-0.25, -0.2) is 0 Å². The van der Waals surface area contributed by atoms with Crippen molar-refractivity contribution in [1.29, 1.82) is 0 Å². The third-order valence-corrected chi connectivity index (χ3v) is 3.81. The molecule has 2 atom stereocenters. The minimum Gasteiger partial charge on any atom is -0.480 e. The van der Waals surface area contributed by atoms with Crippen LogP contribution >= 0.6 is 0 Å². The molecule has 0 aromatic rings. The van der Waals surface area contributed by atoms with Crippen LogP contribution in [0.2, 0.25) is 0 Å². The van der Waals surface area contributed by atoms with Crippen molar-refractivity contribution in [3.05, 3.63) is 0 Å². The van der Waals surface area contributed by atoms with Crippen molar-refractivity contribution in [1.82, 2.24) is 9.03 Å². The van der Waals surface area contributed by atoms with Gasteiger partial charge in [0.25, 0.3) is 10.2 Å². The van der Waals surface area contributed by atoms with Crippen LogP contribution in [0.15, 0.2) is 0 Å². The number of hydrogen-bond donors (Lipinski definition) is 3. The van der Waals surface area contributed by atoms with Gasteiger partial charge in [-0.05, 0) is 0 Å². The minimum atomic E-state index is -4.75. The van der Waals surface area contributed by atoms with Crippen molar-refractivity contribution in [3.8, 4) is 0 Å². The number of nitrogens with one attached hydrogen (secondary N) is 1. The van der Waals surface area contributed by atoms with Crippen LogP contribution in [0.5, 0.6) is 0 Å². The first kappa shape index (κ1) is 15.1. The number of carbonyl (C=O) groups is 1. The van der Waals surface area contributed by atoms with E-state index < -0.39 is 47.6 Å². The van der Waals surface area contributed by atoms with Crippen molar-refractivity contribution < 1.29 is 36.6 Å². The molecule has 0 aromatic carbocycles. The second-order valence-electron chi connectivity index (χ2n) is 3.75. The summed E-state index contributed by atoms with van der Waals surface area (Å²) in [6.07, 6.45) is -6.32. The van der Waals surface area contributed by atoms with E-state index in [1.54, 1.807) is 0 Å². The first-order valence-electron chi connectivity index (χ1n) is 4.77. The number of carboxylic acids is 1. The predicted octanol–water partition coefficient (Wildman–Crippen LogP) is -1.10. The molecule has 18 heavy (non-hydrogen) atoms. The first-order valence-corrected chi connectivity index (χ1v) is 6.21. The molecule has 1 aliphatic heterocycles. The summed E-state index contributed by atoms with van der Waals surface area (Å²) in [5, 5.41) is 17.9. The Hall–Kier alpha value is -0.910. The quantitative estimate of drug-likeness (QED) is 0.610. The Balaban J connectivity index is 2.81. The van der Waals surface area contributed by atoms with Gasteiger partial charge in [-0.3, -0.25) is 4.79 Å². The Morgan fingerprint density at radius 3 is 2.44 bits per heavy atom. The molecule has 0 spiro atoms. The molecule has 1 fully saturated rings. The number of aliphatic carboxylic acids is 1. The molecule has 0 aromatic heterocycles. The third-order valence-electron chi connectivity index (χ3n) is 2.28. The molecule has 0 unspecified atom stereocenters. The predicted molar refractivity (Wildman–Crippen MR) is 51.7 cm³/mol.